The minimum absolute atomic E-state index is 0.103. The van der Waals surface area contributed by atoms with Gasteiger partial charge in [0.25, 0.3) is 0 Å². The van der Waals surface area contributed by atoms with Crippen LogP contribution in [0.4, 0.5) is 4.79 Å². The Kier molecular flexibility index (Phi) is 6.98. The third-order valence-electron chi connectivity index (χ3n) is 4.68. The molecule has 1 aliphatic heterocycles. The van der Waals surface area contributed by atoms with E-state index in [2.05, 4.69) is 0 Å². The normalized spacial score (nSPS) is 18.9. The molecule has 5 nitrogen and oxygen atoms in total. The van der Waals surface area contributed by atoms with Crippen LogP contribution < -0.4 is 0 Å². The molecule has 1 fully saturated rings. The van der Waals surface area contributed by atoms with Crippen LogP contribution in [0.5, 0.6) is 0 Å². The summed E-state index contributed by atoms with van der Waals surface area (Å²) >= 11 is 7.59. The highest BCUT2D eigenvalue weighted by Gasteiger charge is 2.45. The lowest BCUT2D eigenvalue weighted by molar-refractivity contribution is -0.135. The highest BCUT2D eigenvalue weighted by atomic mass is 35.5. The van der Waals surface area contributed by atoms with E-state index in [0.717, 1.165) is 11.1 Å². The number of rotatable bonds is 4. The number of carbonyl (C=O) groups excluding carboxylic acids is 2. The summed E-state index contributed by atoms with van der Waals surface area (Å²) in [6, 6.07) is 16.6. The molecule has 2 atom stereocenters. The van der Waals surface area contributed by atoms with Crippen molar-refractivity contribution in [2.45, 2.75) is 44.3 Å². The third-order valence-corrected chi connectivity index (χ3v) is 6.26. The second-order valence-corrected chi connectivity index (χ2v) is 9.87. The van der Waals surface area contributed by atoms with Gasteiger partial charge in [-0.2, -0.15) is 0 Å². The first kappa shape index (κ1) is 22.5. The summed E-state index contributed by atoms with van der Waals surface area (Å²) in [5.41, 5.74) is 1.30. The minimum atomic E-state index is -0.654. The Balaban J connectivity index is 1.84. The van der Waals surface area contributed by atoms with Gasteiger partial charge in [-0.25, -0.2) is 4.79 Å². The number of amides is 2. The number of benzene rings is 2. The van der Waals surface area contributed by atoms with Gasteiger partial charge in [0.1, 0.15) is 17.0 Å². The zero-order valence-electron chi connectivity index (χ0n) is 17.7. The van der Waals surface area contributed by atoms with Crippen molar-refractivity contribution in [3.63, 3.8) is 0 Å². The largest absolute Gasteiger partial charge is 0.444 e. The average Bonchev–Trinajstić information content (AvgIpc) is 3.12. The molecular weight excluding hydrogens is 420 g/mol. The van der Waals surface area contributed by atoms with Gasteiger partial charge in [-0.15, -0.1) is 11.8 Å². The zero-order chi connectivity index (χ0) is 21.9. The number of hydrogen-bond acceptors (Lipinski definition) is 4. The van der Waals surface area contributed by atoms with Crippen molar-refractivity contribution in [3.8, 4) is 0 Å². The highest BCUT2D eigenvalue weighted by Crippen LogP contribution is 2.43. The van der Waals surface area contributed by atoms with Gasteiger partial charge in [0.15, 0.2) is 0 Å². The zero-order valence-corrected chi connectivity index (χ0v) is 19.2. The van der Waals surface area contributed by atoms with Crippen LogP contribution in [0.25, 0.3) is 0 Å². The molecule has 1 saturated heterocycles. The van der Waals surface area contributed by atoms with E-state index in [1.165, 1.54) is 0 Å². The molecule has 0 aromatic heterocycles. The van der Waals surface area contributed by atoms with Crippen LogP contribution in [0.3, 0.4) is 0 Å². The predicted octanol–water partition coefficient (Wildman–Crippen LogP) is 5.35. The molecule has 0 bridgehead atoms. The van der Waals surface area contributed by atoms with Gasteiger partial charge >= 0.3 is 6.09 Å². The second-order valence-electron chi connectivity index (χ2n) is 8.32. The number of thioether (sulfide) groups is 1. The van der Waals surface area contributed by atoms with Gasteiger partial charge in [-0.05, 0) is 44.0 Å². The lowest BCUT2D eigenvalue weighted by Crippen LogP contribution is -2.49. The molecule has 160 valence electrons. The summed E-state index contributed by atoms with van der Waals surface area (Å²) in [5, 5.41) is 0.317. The Morgan fingerprint density at radius 2 is 1.77 bits per heavy atom. The summed E-state index contributed by atoms with van der Waals surface area (Å²) in [4.78, 5) is 29.6. The lowest BCUT2D eigenvalue weighted by atomic mass is 10.1. The fourth-order valence-electron chi connectivity index (χ4n) is 3.31. The molecule has 2 unspecified atom stereocenters. The predicted molar refractivity (Wildman–Crippen MR) is 121 cm³/mol. The molecule has 3 rings (SSSR count). The van der Waals surface area contributed by atoms with Crippen molar-refractivity contribution in [1.82, 2.24) is 9.80 Å². The molecule has 1 heterocycles. The fraction of sp³-hybridized carbons (Fsp3) is 0.391. The van der Waals surface area contributed by atoms with E-state index in [1.807, 2.05) is 63.2 Å². The molecule has 30 heavy (non-hydrogen) atoms. The number of hydrogen-bond donors (Lipinski definition) is 0. The van der Waals surface area contributed by atoms with Crippen molar-refractivity contribution < 1.29 is 14.3 Å². The quantitative estimate of drug-likeness (QED) is 0.635. The summed E-state index contributed by atoms with van der Waals surface area (Å²) in [7, 11) is 1.77. The number of nitrogens with zero attached hydrogens (tertiary/aromatic N) is 2. The van der Waals surface area contributed by atoms with Gasteiger partial charge in [-0.1, -0.05) is 54.1 Å². The summed E-state index contributed by atoms with van der Waals surface area (Å²) in [5.74, 6) is 0.401. The molecule has 1 aliphatic rings. The monoisotopic (exact) mass is 446 g/mol. The SMILES string of the molecule is CN(Cc1ccccc1)C(=O)C1CSC(c2ccc(Cl)cc2)N1C(=O)OC(C)(C)C. The molecule has 0 spiro atoms. The molecule has 0 saturated carbocycles. The smallest absolute Gasteiger partial charge is 0.412 e. The van der Waals surface area contributed by atoms with E-state index < -0.39 is 17.7 Å². The first-order chi connectivity index (χ1) is 14.2. The van der Waals surface area contributed by atoms with Crippen LogP contribution in [0.1, 0.15) is 37.3 Å². The van der Waals surface area contributed by atoms with Gasteiger partial charge in [-0.3, -0.25) is 9.69 Å². The van der Waals surface area contributed by atoms with E-state index in [1.54, 1.807) is 40.7 Å². The van der Waals surface area contributed by atoms with Gasteiger partial charge in [0.05, 0.1) is 0 Å². The van der Waals surface area contributed by atoms with E-state index in [4.69, 9.17) is 16.3 Å². The van der Waals surface area contributed by atoms with Crippen LogP contribution >= 0.6 is 23.4 Å². The Hall–Kier alpha value is -2.18. The van der Waals surface area contributed by atoms with E-state index in [0.29, 0.717) is 17.3 Å². The summed E-state index contributed by atoms with van der Waals surface area (Å²) < 4.78 is 5.65. The van der Waals surface area contributed by atoms with Crippen LogP contribution in [-0.2, 0) is 16.1 Å². The minimum Gasteiger partial charge on any atom is -0.444 e. The molecule has 0 radical (unpaired) electrons. The van der Waals surface area contributed by atoms with E-state index >= 15 is 0 Å². The molecule has 2 amide bonds. The second kappa shape index (κ2) is 9.31. The van der Waals surface area contributed by atoms with Gasteiger partial charge < -0.3 is 9.64 Å². The lowest BCUT2D eigenvalue weighted by Gasteiger charge is -2.33. The Morgan fingerprint density at radius 1 is 1.13 bits per heavy atom. The highest BCUT2D eigenvalue weighted by molar-refractivity contribution is 7.99. The fourth-order valence-corrected chi connectivity index (χ4v) is 4.84. The molecule has 2 aromatic rings. The van der Waals surface area contributed by atoms with Gasteiger partial charge in [0, 0.05) is 24.4 Å². The number of carbonyl (C=O) groups is 2. The molecule has 7 heteroatoms. The van der Waals surface area contributed by atoms with Crippen molar-refractivity contribution >= 4 is 35.4 Å². The molecule has 0 N–H and O–H groups in total. The maximum absolute atomic E-state index is 13.3. The first-order valence-corrected chi connectivity index (χ1v) is 11.3. The summed E-state index contributed by atoms with van der Waals surface area (Å²) in [6.45, 7) is 5.95. The summed E-state index contributed by atoms with van der Waals surface area (Å²) in [6.07, 6.45) is -0.487. The van der Waals surface area contributed by atoms with Crippen molar-refractivity contribution in [1.29, 1.82) is 0 Å². The molecule has 2 aromatic carbocycles. The number of ether oxygens (including phenoxy) is 1. The Bertz CT molecular complexity index is 884. The van der Waals surface area contributed by atoms with E-state index in [-0.39, 0.29) is 11.3 Å². The Labute approximate surface area is 187 Å². The van der Waals surface area contributed by atoms with Crippen molar-refractivity contribution in [3.05, 3.63) is 70.7 Å². The number of halogens is 1. The number of likely N-dealkylation sites (N-methyl/N-ethyl adjacent to an activating group) is 1. The third kappa shape index (κ3) is 5.49. The topological polar surface area (TPSA) is 49.9 Å². The molecule has 0 aliphatic carbocycles. The molecular formula is C23H27ClN2O3S. The van der Waals surface area contributed by atoms with Crippen LogP contribution in [0.15, 0.2) is 54.6 Å². The van der Waals surface area contributed by atoms with Gasteiger partial charge in [0.2, 0.25) is 5.91 Å². The maximum Gasteiger partial charge on any atom is 0.412 e. The first-order valence-electron chi connectivity index (χ1n) is 9.83. The van der Waals surface area contributed by atoms with Crippen LogP contribution in [0, 0.1) is 0 Å². The van der Waals surface area contributed by atoms with E-state index in [9.17, 15) is 9.59 Å². The van der Waals surface area contributed by atoms with Crippen molar-refractivity contribution in [2.24, 2.45) is 0 Å². The van der Waals surface area contributed by atoms with Crippen LogP contribution in [0.2, 0.25) is 5.02 Å². The maximum atomic E-state index is 13.3. The van der Waals surface area contributed by atoms with Crippen molar-refractivity contribution in [2.75, 3.05) is 12.8 Å². The average molecular weight is 447 g/mol. The van der Waals surface area contributed by atoms with Crippen LogP contribution in [-0.4, -0.2) is 46.2 Å². The Morgan fingerprint density at radius 3 is 2.37 bits per heavy atom. The standard InChI is InChI=1S/C23H27ClN2O3S/c1-23(2,3)29-22(28)26-19(15-30-21(26)17-10-12-18(24)13-11-17)20(27)25(4)14-16-8-6-5-7-9-16/h5-13,19,21H,14-15H2,1-4H3.